The first-order valence-electron chi connectivity index (χ1n) is 13.2. The normalized spacial score (nSPS) is 16.8. The van der Waals surface area contributed by atoms with Crippen molar-refractivity contribution in [3.05, 3.63) is 58.7 Å². The second kappa shape index (κ2) is 13.3. The fourth-order valence-electron chi connectivity index (χ4n) is 4.39. The van der Waals surface area contributed by atoms with Crippen molar-refractivity contribution in [2.75, 3.05) is 47.5 Å². The Morgan fingerprint density at radius 3 is 2.32 bits per heavy atom. The highest BCUT2D eigenvalue weighted by Gasteiger charge is 2.46. The Labute approximate surface area is 225 Å². The molecule has 0 saturated carbocycles. The monoisotopic (exact) mass is 524 g/mol. The molecule has 0 bridgehead atoms. The molecule has 1 aliphatic rings. The minimum Gasteiger partial charge on any atom is -0.507 e. The van der Waals surface area contributed by atoms with Gasteiger partial charge in [-0.3, -0.25) is 9.59 Å². The predicted molar refractivity (Wildman–Crippen MR) is 148 cm³/mol. The summed E-state index contributed by atoms with van der Waals surface area (Å²) in [7, 11) is 5.36. The maximum Gasteiger partial charge on any atom is 0.295 e. The average molecular weight is 525 g/mol. The van der Waals surface area contributed by atoms with Crippen LogP contribution < -0.4 is 14.2 Å². The highest BCUT2D eigenvalue weighted by molar-refractivity contribution is 6.46. The molecule has 2 aromatic rings. The van der Waals surface area contributed by atoms with E-state index in [1.54, 1.807) is 37.4 Å². The summed E-state index contributed by atoms with van der Waals surface area (Å²) in [6.07, 6.45) is 2.80. The fourth-order valence-corrected chi connectivity index (χ4v) is 4.39. The highest BCUT2D eigenvalue weighted by atomic mass is 16.5. The summed E-state index contributed by atoms with van der Waals surface area (Å²) in [6.45, 7) is 8.03. The van der Waals surface area contributed by atoms with E-state index in [1.165, 1.54) is 4.90 Å². The number of amides is 1. The van der Waals surface area contributed by atoms with Crippen molar-refractivity contribution in [3.63, 3.8) is 0 Å². The number of hydrogen-bond acceptors (Lipinski definition) is 7. The molecule has 1 atom stereocenters. The molecule has 1 N–H and O–H groups in total. The summed E-state index contributed by atoms with van der Waals surface area (Å²) in [6, 6.07) is 9.88. The Balaban J connectivity index is 2.10. The van der Waals surface area contributed by atoms with Crippen LogP contribution in [0.15, 0.2) is 42.0 Å². The lowest BCUT2D eigenvalue weighted by Crippen LogP contribution is -2.35. The van der Waals surface area contributed by atoms with Crippen LogP contribution in [-0.2, 0) is 9.59 Å². The van der Waals surface area contributed by atoms with E-state index >= 15 is 0 Å². The highest BCUT2D eigenvalue weighted by Crippen LogP contribution is 2.42. The predicted octanol–water partition coefficient (Wildman–Crippen LogP) is 4.95. The van der Waals surface area contributed by atoms with E-state index in [2.05, 4.69) is 6.92 Å². The van der Waals surface area contributed by atoms with Gasteiger partial charge in [-0.25, -0.2) is 0 Å². The van der Waals surface area contributed by atoms with Crippen molar-refractivity contribution < 1.29 is 28.9 Å². The van der Waals surface area contributed by atoms with E-state index in [0.29, 0.717) is 48.9 Å². The van der Waals surface area contributed by atoms with E-state index in [0.717, 1.165) is 30.6 Å². The Kier molecular flexibility index (Phi) is 10.2. The van der Waals surface area contributed by atoms with E-state index in [1.807, 2.05) is 38.9 Å². The summed E-state index contributed by atoms with van der Waals surface area (Å²) in [5.41, 5.74) is 1.99. The Bertz CT molecular complexity index is 1170. The zero-order chi connectivity index (χ0) is 27.8. The Morgan fingerprint density at radius 1 is 0.974 bits per heavy atom. The van der Waals surface area contributed by atoms with E-state index in [-0.39, 0.29) is 11.3 Å². The zero-order valence-electron chi connectivity index (χ0n) is 23.4. The maximum atomic E-state index is 13.3. The van der Waals surface area contributed by atoms with Crippen molar-refractivity contribution in [1.82, 2.24) is 9.80 Å². The molecule has 0 radical (unpaired) electrons. The number of aryl methyl sites for hydroxylation is 1. The van der Waals surface area contributed by atoms with Crippen molar-refractivity contribution in [2.45, 2.75) is 46.1 Å². The third-order valence-electron chi connectivity index (χ3n) is 6.50. The molecule has 1 saturated heterocycles. The minimum atomic E-state index is -0.773. The molecule has 38 heavy (non-hydrogen) atoms. The first-order valence-corrected chi connectivity index (χ1v) is 13.2. The molecule has 0 spiro atoms. The van der Waals surface area contributed by atoms with Gasteiger partial charge >= 0.3 is 0 Å². The molecule has 3 rings (SSSR count). The van der Waals surface area contributed by atoms with Crippen LogP contribution in [-0.4, -0.2) is 74.1 Å². The van der Waals surface area contributed by atoms with Gasteiger partial charge in [0, 0.05) is 18.7 Å². The van der Waals surface area contributed by atoms with Gasteiger partial charge in [0.05, 0.1) is 31.9 Å². The second-order valence-corrected chi connectivity index (χ2v) is 9.74. The molecular formula is C30H40N2O6. The number of aliphatic hydroxyl groups is 1. The lowest BCUT2D eigenvalue weighted by molar-refractivity contribution is -0.140. The number of aliphatic hydroxyl groups excluding tert-OH is 1. The molecule has 1 amide bonds. The van der Waals surface area contributed by atoms with Crippen molar-refractivity contribution in [1.29, 1.82) is 0 Å². The zero-order valence-corrected chi connectivity index (χ0v) is 23.4. The first kappa shape index (κ1) is 29.0. The molecule has 8 heteroatoms. The van der Waals surface area contributed by atoms with Crippen molar-refractivity contribution in [3.8, 4) is 17.2 Å². The summed E-state index contributed by atoms with van der Waals surface area (Å²) < 4.78 is 17.2. The number of carbonyl (C=O) groups excluding carboxylic acids is 2. The number of nitrogens with zero attached hydrogens (tertiary/aromatic N) is 2. The molecule has 0 aliphatic carbocycles. The molecule has 1 heterocycles. The van der Waals surface area contributed by atoms with Crippen LogP contribution in [0.2, 0.25) is 0 Å². The molecule has 2 aromatic carbocycles. The number of likely N-dealkylation sites (tertiary alicyclic amines) is 1. The molecule has 8 nitrogen and oxygen atoms in total. The summed E-state index contributed by atoms with van der Waals surface area (Å²) in [5, 5.41) is 11.4. The minimum absolute atomic E-state index is 0.0529. The molecule has 1 unspecified atom stereocenters. The van der Waals surface area contributed by atoms with Gasteiger partial charge in [0.2, 0.25) is 0 Å². The third kappa shape index (κ3) is 6.48. The quantitative estimate of drug-likeness (QED) is 0.172. The summed E-state index contributed by atoms with van der Waals surface area (Å²) in [4.78, 5) is 30.0. The van der Waals surface area contributed by atoms with Crippen LogP contribution in [0.25, 0.3) is 5.76 Å². The lowest BCUT2D eigenvalue weighted by Gasteiger charge is -2.27. The lowest BCUT2D eigenvalue weighted by atomic mass is 9.94. The number of hydrogen-bond donors (Lipinski definition) is 1. The van der Waals surface area contributed by atoms with E-state index in [9.17, 15) is 14.7 Å². The van der Waals surface area contributed by atoms with Crippen molar-refractivity contribution in [2.24, 2.45) is 0 Å². The molecule has 1 fully saturated rings. The SMILES string of the molecule is CCCCOc1ccc(C2/C(=C(\O)c3ccc(OCCC)c(C)c3)C(=O)C(=O)N2CCN(C)C)cc1OC. The van der Waals surface area contributed by atoms with Gasteiger partial charge in [-0.1, -0.05) is 26.3 Å². The smallest absolute Gasteiger partial charge is 0.295 e. The largest absolute Gasteiger partial charge is 0.507 e. The number of methoxy groups -OCH3 is 1. The van der Waals surface area contributed by atoms with Crippen LogP contribution in [0.1, 0.15) is 55.8 Å². The number of rotatable bonds is 13. The Hall–Kier alpha value is -3.52. The molecule has 1 aliphatic heterocycles. The number of unbranched alkanes of at least 4 members (excludes halogenated alkanes) is 1. The van der Waals surface area contributed by atoms with Crippen LogP contribution in [0, 0.1) is 6.92 Å². The van der Waals surface area contributed by atoms with Crippen LogP contribution >= 0.6 is 0 Å². The van der Waals surface area contributed by atoms with Crippen LogP contribution in [0.4, 0.5) is 0 Å². The van der Waals surface area contributed by atoms with Gasteiger partial charge in [-0.05, 0) is 75.3 Å². The number of carbonyl (C=O) groups is 2. The summed E-state index contributed by atoms with van der Waals surface area (Å²) >= 11 is 0. The number of ketones is 1. The second-order valence-electron chi connectivity index (χ2n) is 9.74. The molecule has 206 valence electrons. The van der Waals surface area contributed by atoms with Gasteiger partial charge in [-0.15, -0.1) is 0 Å². The van der Waals surface area contributed by atoms with Crippen LogP contribution in [0.5, 0.6) is 17.2 Å². The first-order chi connectivity index (χ1) is 18.2. The van der Waals surface area contributed by atoms with Gasteiger partial charge in [0.25, 0.3) is 11.7 Å². The third-order valence-corrected chi connectivity index (χ3v) is 6.50. The molecular weight excluding hydrogens is 484 g/mol. The van der Waals surface area contributed by atoms with E-state index in [4.69, 9.17) is 14.2 Å². The number of benzene rings is 2. The van der Waals surface area contributed by atoms with Gasteiger partial charge in [-0.2, -0.15) is 0 Å². The van der Waals surface area contributed by atoms with Gasteiger partial charge < -0.3 is 29.1 Å². The number of ether oxygens (including phenoxy) is 3. The van der Waals surface area contributed by atoms with E-state index < -0.39 is 17.7 Å². The summed E-state index contributed by atoms with van der Waals surface area (Å²) in [5.74, 6) is 0.249. The van der Waals surface area contributed by atoms with Gasteiger partial charge in [0.15, 0.2) is 11.5 Å². The maximum absolute atomic E-state index is 13.3. The number of likely N-dealkylation sites (N-methyl/N-ethyl adjacent to an activating group) is 1. The fraction of sp³-hybridized carbons (Fsp3) is 0.467. The van der Waals surface area contributed by atoms with Crippen molar-refractivity contribution >= 4 is 17.4 Å². The van der Waals surface area contributed by atoms with Gasteiger partial charge in [0.1, 0.15) is 11.5 Å². The standard InChI is InChI=1S/C30H40N2O6/c1-7-9-17-38-24-13-10-21(19-25(24)36-6)27-26(29(34)30(35)32(27)15-14-31(4)5)28(33)22-11-12-23(20(3)18-22)37-16-8-2/h10-13,18-19,27,33H,7-9,14-17H2,1-6H3/b28-26+. The van der Waals surface area contributed by atoms with Crippen LogP contribution in [0.3, 0.4) is 0 Å². The number of Topliss-reactive ketones (excluding diaryl/α,β-unsaturated/α-hetero) is 1. The Morgan fingerprint density at radius 2 is 1.68 bits per heavy atom. The molecule has 0 aromatic heterocycles. The average Bonchev–Trinajstić information content (AvgIpc) is 3.15. The topological polar surface area (TPSA) is 88.5 Å².